The van der Waals surface area contributed by atoms with Gasteiger partial charge in [0.25, 0.3) is 0 Å². The SMILES string of the molecule is COc1ccc([Te]CC2CCCC2)cc1. The third kappa shape index (κ3) is 3.40. The van der Waals surface area contributed by atoms with Crippen molar-refractivity contribution in [3.63, 3.8) is 0 Å². The predicted molar refractivity (Wildman–Crippen MR) is 65.1 cm³/mol. The van der Waals surface area contributed by atoms with E-state index in [1.54, 1.807) is 10.7 Å². The zero-order chi connectivity index (χ0) is 10.5. The first-order valence-corrected chi connectivity index (χ1v) is 8.46. The van der Waals surface area contributed by atoms with Crippen LogP contribution in [0.2, 0.25) is 4.47 Å². The topological polar surface area (TPSA) is 9.23 Å². The summed E-state index contributed by atoms with van der Waals surface area (Å²) in [6.45, 7) is 0. The Bertz CT molecular complexity index is 288. The normalized spacial score (nSPS) is 16.9. The van der Waals surface area contributed by atoms with E-state index in [9.17, 15) is 0 Å². The third-order valence-corrected chi connectivity index (χ3v) is 6.57. The third-order valence-electron chi connectivity index (χ3n) is 3.02. The summed E-state index contributed by atoms with van der Waals surface area (Å²) in [5, 5.41) is 0. The van der Waals surface area contributed by atoms with E-state index in [0.29, 0.717) is 0 Å². The Morgan fingerprint density at radius 2 is 1.87 bits per heavy atom. The van der Waals surface area contributed by atoms with Crippen LogP contribution in [0.3, 0.4) is 0 Å². The number of rotatable bonds is 4. The first kappa shape index (κ1) is 11.3. The van der Waals surface area contributed by atoms with E-state index in [4.69, 9.17) is 4.74 Å². The predicted octanol–water partition coefficient (Wildman–Crippen LogP) is 2.63. The Labute approximate surface area is 102 Å². The summed E-state index contributed by atoms with van der Waals surface area (Å²) in [5.41, 5.74) is 0. The fourth-order valence-corrected chi connectivity index (χ4v) is 5.17. The molecule has 1 fully saturated rings. The molecule has 0 heterocycles. The van der Waals surface area contributed by atoms with Crippen molar-refractivity contribution < 1.29 is 4.74 Å². The number of ether oxygens (including phenoxy) is 1. The van der Waals surface area contributed by atoms with Crippen molar-refractivity contribution in [1.82, 2.24) is 0 Å². The molecule has 2 rings (SSSR count). The van der Waals surface area contributed by atoms with Crippen molar-refractivity contribution in [2.24, 2.45) is 5.92 Å². The van der Waals surface area contributed by atoms with Crippen LogP contribution in [0.15, 0.2) is 24.3 Å². The minimum atomic E-state index is 0.0600. The van der Waals surface area contributed by atoms with Crippen LogP contribution in [-0.4, -0.2) is 28.0 Å². The molecule has 15 heavy (non-hydrogen) atoms. The number of benzene rings is 1. The zero-order valence-corrected chi connectivity index (χ0v) is 11.6. The Kier molecular flexibility index (Phi) is 4.35. The van der Waals surface area contributed by atoms with Gasteiger partial charge in [-0.05, 0) is 0 Å². The molecule has 1 nitrogen and oxygen atoms in total. The molecule has 1 aliphatic rings. The summed E-state index contributed by atoms with van der Waals surface area (Å²) in [4.78, 5) is 0. The van der Waals surface area contributed by atoms with Crippen LogP contribution in [-0.2, 0) is 0 Å². The van der Waals surface area contributed by atoms with Crippen LogP contribution < -0.4 is 8.35 Å². The molecule has 2 heteroatoms. The van der Waals surface area contributed by atoms with Crippen molar-refractivity contribution in [2.75, 3.05) is 7.11 Å². The standard InChI is InChI=1S/C13H18OTe/c1-14-12-6-8-13(9-7-12)15-10-11-4-2-3-5-11/h6-9,11H,2-5,10H2,1H3. The molecule has 0 radical (unpaired) electrons. The van der Waals surface area contributed by atoms with Crippen LogP contribution in [0.4, 0.5) is 0 Å². The first-order chi connectivity index (χ1) is 7.38. The fourth-order valence-electron chi connectivity index (χ4n) is 2.06. The minimum absolute atomic E-state index is 0.0600. The van der Waals surface area contributed by atoms with E-state index in [2.05, 4.69) is 24.3 Å². The van der Waals surface area contributed by atoms with Gasteiger partial charge in [0.1, 0.15) is 0 Å². The molecule has 1 aromatic rings. The molecular weight excluding hydrogens is 300 g/mol. The van der Waals surface area contributed by atoms with E-state index in [0.717, 1.165) is 11.7 Å². The van der Waals surface area contributed by atoms with E-state index in [1.165, 1.54) is 30.2 Å². The van der Waals surface area contributed by atoms with Gasteiger partial charge in [0, 0.05) is 0 Å². The molecule has 0 bridgehead atoms. The number of hydrogen-bond acceptors (Lipinski definition) is 1. The molecule has 1 aromatic carbocycles. The monoisotopic (exact) mass is 320 g/mol. The van der Waals surface area contributed by atoms with Crippen molar-refractivity contribution in [1.29, 1.82) is 0 Å². The summed E-state index contributed by atoms with van der Waals surface area (Å²) < 4.78 is 8.24. The van der Waals surface area contributed by atoms with Gasteiger partial charge >= 0.3 is 102 Å². The maximum absolute atomic E-state index is 5.16. The van der Waals surface area contributed by atoms with Crippen LogP contribution in [0, 0.1) is 5.92 Å². The van der Waals surface area contributed by atoms with Gasteiger partial charge in [0.15, 0.2) is 0 Å². The Morgan fingerprint density at radius 1 is 1.20 bits per heavy atom. The van der Waals surface area contributed by atoms with E-state index < -0.39 is 0 Å². The van der Waals surface area contributed by atoms with Gasteiger partial charge in [-0.1, -0.05) is 0 Å². The molecule has 1 saturated carbocycles. The molecule has 0 amide bonds. The molecule has 0 saturated heterocycles. The van der Waals surface area contributed by atoms with Gasteiger partial charge in [0.2, 0.25) is 0 Å². The Morgan fingerprint density at radius 3 is 2.47 bits per heavy atom. The molecule has 0 N–H and O–H groups in total. The van der Waals surface area contributed by atoms with Crippen LogP contribution in [0.1, 0.15) is 25.7 Å². The van der Waals surface area contributed by atoms with Crippen molar-refractivity contribution >= 4 is 24.5 Å². The molecule has 0 aromatic heterocycles. The molecule has 82 valence electrons. The second-order valence-corrected chi connectivity index (χ2v) is 7.26. The average molecular weight is 318 g/mol. The van der Waals surface area contributed by atoms with Gasteiger partial charge in [-0.25, -0.2) is 0 Å². The summed E-state index contributed by atoms with van der Waals surface area (Å²) in [6, 6.07) is 8.68. The van der Waals surface area contributed by atoms with Gasteiger partial charge in [-0.3, -0.25) is 0 Å². The fraction of sp³-hybridized carbons (Fsp3) is 0.538. The second-order valence-electron chi connectivity index (χ2n) is 4.14. The Balaban J connectivity index is 1.82. The zero-order valence-electron chi connectivity index (χ0n) is 9.24. The van der Waals surface area contributed by atoms with E-state index in [1.807, 2.05) is 0 Å². The summed E-state index contributed by atoms with van der Waals surface area (Å²) >= 11 is 0.0600. The van der Waals surface area contributed by atoms with Gasteiger partial charge in [0.05, 0.1) is 0 Å². The summed E-state index contributed by atoms with van der Waals surface area (Å²) in [6.07, 6.45) is 5.92. The van der Waals surface area contributed by atoms with E-state index in [-0.39, 0.29) is 20.9 Å². The molecule has 0 aliphatic heterocycles. The van der Waals surface area contributed by atoms with Gasteiger partial charge in [-0.2, -0.15) is 0 Å². The van der Waals surface area contributed by atoms with Crippen molar-refractivity contribution in [3.8, 4) is 5.75 Å². The molecule has 0 spiro atoms. The summed E-state index contributed by atoms with van der Waals surface area (Å²) in [7, 11) is 1.73. The van der Waals surface area contributed by atoms with Crippen LogP contribution in [0.5, 0.6) is 5.75 Å². The van der Waals surface area contributed by atoms with Gasteiger partial charge in [-0.15, -0.1) is 0 Å². The summed E-state index contributed by atoms with van der Waals surface area (Å²) in [5.74, 6) is 2.03. The molecular formula is C13H18OTe. The maximum atomic E-state index is 5.16. The molecule has 1 aliphatic carbocycles. The quantitative estimate of drug-likeness (QED) is 0.776. The number of hydrogen-bond donors (Lipinski definition) is 0. The molecule has 0 atom stereocenters. The average Bonchev–Trinajstić information content (AvgIpc) is 2.80. The van der Waals surface area contributed by atoms with Crippen LogP contribution in [0.25, 0.3) is 0 Å². The first-order valence-electron chi connectivity index (χ1n) is 5.65. The molecule has 0 unspecified atom stereocenters. The van der Waals surface area contributed by atoms with E-state index >= 15 is 0 Å². The second kappa shape index (κ2) is 5.77. The van der Waals surface area contributed by atoms with Gasteiger partial charge < -0.3 is 0 Å². The van der Waals surface area contributed by atoms with Crippen LogP contribution >= 0.6 is 0 Å². The Hall–Kier alpha value is -0.190. The van der Waals surface area contributed by atoms with Crippen molar-refractivity contribution in [3.05, 3.63) is 24.3 Å². The van der Waals surface area contributed by atoms with Crippen molar-refractivity contribution in [2.45, 2.75) is 30.2 Å². The number of methoxy groups -OCH3 is 1.